The zero-order valence-corrected chi connectivity index (χ0v) is 9.57. The van der Waals surface area contributed by atoms with Crippen LogP contribution in [-0.2, 0) is 9.59 Å². The highest BCUT2D eigenvalue weighted by atomic mass is 16.3. The number of carbonyl (C=O) groups excluding carboxylic acids is 3. The van der Waals surface area contributed by atoms with Crippen LogP contribution >= 0.6 is 0 Å². The minimum absolute atomic E-state index is 0.0391. The van der Waals surface area contributed by atoms with E-state index in [1.54, 1.807) is 0 Å². The normalized spacial score (nSPS) is 15.0. The Morgan fingerprint density at radius 3 is 2.71 bits per heavy atom. The molecule has 0 bridgehead atoms. The molecule has 0 aromatic rings. The van der Waals surface area contributed by atoms with Crippen LogP contribution in [0.2, 0.25) is 0 Å². The first-order chi connectivity index (χ1) is 8.15. The number of hydrogen-bond donors (Lipinski definition) is 3. The van der Waals surface area contributed by atoms with Gasteiger partial charge in [-0.3, -0.25) is 14.5 Å². The Labute approximate surface area is 99.2 Å². The van der Waals surface area contributed by atoms with Crippen molar-refractivity contribution in [2.45, 2.75) is 19.3 Å². The average molecular weight is 243 g/mol. The molecular formula is C10H17N3O4. The fraction of sp³-hybridized carbons (Fsp3) is 0.700. The third-order valence-corrected chi connectivity index (χ3v) is 2.40. The topological polar surface area (TPSA) is 98.7 Å². The van der Waals surface area contributed by atoms with Crippen LogP contribution in [0, 0.1) is 0 Å². The summed E-state index contributed by atoms with van der Waals surface area (Å²) in [6.07, 6.45) is 2.31. The molecule has 7 nitrogen and oxygen atoms in total. The zero-order valence-electron chi connectivity index (χ0n) is 9.57. The first-order valence-electron chi connectivity index (χ1n) is 5.61. The molecule has 1 fully saturated rings. The second kappa shape index (κ2) is 6.85. The number of carbonyl (C=O) groups is 3. The molecule has 7 heteroatoms. The SMILES string of the molecule is O=C(CN1C(=O)CNC1=O)NCCCCCO. The van der Waals surface area contributed by atoms with Crippen LogP contribution in [0.15, 0.2) is 0 Å². The number of unbranched alkanes of at least 4 members (excludes halogenated alkanes) is 2. The summed E-state index contributed by atoms with van der Waals surface area (Å²) in [5, 5.41) is 13.5. The molecule has 3 N–H and O–H groups in total. The Kier molecular flexibility index (Phi) is 5.41. The Balaban J connectivity index is 2.16. The maximum atomic E-state index is 11.4. The van der Waals surface area contributed by atoms with E-state index in [4.69, 9.17) is 5.11 Å². The first kappa shape index (κ1) is 13.4. The number of aliphatic hydroxyl groups is 1. The van der Waals surface area contributed by atoms with Gasteiger partial charge in [0.15, 0.2) is 0 Å². The molecule has 4 amide bonds. The van der Waals surface area contributed by atoms with Gasteiger partial charge in [-0.05, 0) is 19.3 Å². The summed E-state index contributed by atoms with van der Waals surface area (Å²) in [4.78, 5) is 34.6. The molecule has 0 aromatic heterocycles. The molecule has 0 radical (unpaired) electrons. The van der Waals surface area contributed by atoms with Crippen molar-refractivity contribution in [3.8, 4) is 0 Å². The molecule has 1 aliphatic rings. The highest BCUT2D eigenvalue weighted by Gasteiger charge is 2.29. The minimum Gasteiger partial charge on any atom is -0.396 e. The van der Waals surface area contributed by atoms with E-state index >= 15 is 0 Å². The number of nitrogens with zero attached hydrogens (tertiary/aromatic N) is 1. The molecule has 17 heavy (non-hydrogen) atoms. The molecule has 0 saturated carbocycles. The summed E-state index contributed by atoms with van der Waals surface area (Å²) in [6.45, 7) is 0.367. The van der Waals surface area contributed by atoms with Gasteiger partial charge in [0.05, 0.1) is 6.54 Å². The van der Waals surface area contributed by atoms with Gasteiger partial charge in [-0.1, -0.05) is 0 Å². The van der Waals surface area contributed by atoms with Crippen molar-refractivity contribution in [3.63, 3.8) is 0 Å². The molecule has 0 aromatic carbocycles. The van der Waals surface area contributed by atoms with E-state index < -0.39 is 6.03 Å². The van der Waals surface area contributed by atoms with Crippen molar-refractivity contribution in [2.75, 3.05) is 26.2 Å². The number of imide groups is 1. The lowest BCUT2D eigenvalue weighted by Gasteiger charge is -2.11. The predicted molar refractivity (Wildman–Crippen MR) is 59.1 cm³/mol. The molecule has 1 rings (SSSR count). The van der Waals surface area contributed by atoms with Crippen LogP contribution < -0.4 is 10.6 Å². The van der Waals surface area contributed by atoms with Gasteiger partial charge in [-0.2, -0.15) is 0 Å². The Hall–Kier alpha value is -1.63. The standard InChI is InChI=1S/C10H17N3O4/c14-5-3-1-2-4-11-8(15)7-13-9(16)6-12-10(13)17/h14H,1-7H2,(H,11,15)(H,12,17). The van der Waals surface area contributed by atoms with E-state index in [2.05, 4.69) is 10.6 Å². The summed E-state index contributed by atoms with van der Waals surface area (Å²) < 4.78 is 0. The molecule has 1 aliphatic heterocycles. The number of aliphatic hydroxyl groups excluding tert-OH is 1. The lowest BCUT2D eigenvalue weighted by Crippen LogP contribution is -2.41. The van der Waals surface area contributed by atoms with Gasteiger partial charge in [0.1, 0.15) is 6.54 Å². The molecule has 0 unspecified atom stereocenters. The second-order valence-electron chi connectivity index (χ2n) is 3.77. The third-order valence-electron chi connectivity index (χ3n) is 2.40. The maximum Gasteiger partial charge on any atom is 0.325 e. The number of hydrogen-bond acceptors (Lipinski definition) is 4. The number of amides is 4. The lowest BCUT2D eigenvalue weighted by molar-refractivity contribution is -0.130. The average Bonchev–Trinajstić information content (AvgIpc) is 2.60. The van der Waals surface area contributed by atoms with E-state index in [-0.39, 0.29) is 31.5 Å². The van der Waals surface area contributed by atoms with Crippen LogP contribution in [0.1, 0.15) is 19.3 Å². The Morgan fingerprint density at radius 1 is 1.35 bits per heavy atom. The quantitative estimate of drug-likeness (QED) is 0.387. The van der Waals surface area contributed by atoms with E-state index in [0.717, 1.165) is 17.7 Å². The number of urea groups is 1. The second-order valence-corrected chi connectivity index (χ2v) is 3.77. The van der Waals surface area contributed by atoms with Gasteiger partial charge >= 0.3 is 6.03 Å². The van der Waals surface area contributed by atoms with E-state index in [1.807, 2.05) is 0 Å². The van der Waals surface area contributed by atoms with Gasteiger partial charge in [-0.15, -0.1) is 0 Å². The van der Waals surface area contributed by atoms with Gasteiger partial charge in [0.25, 0.3) is 5.91 Å². The fourth-order valence-electron chi connectivity index (χ4n) is 1.46. The maximum absolute atomic E-state index is 11.4. The summed E-state index contributed by atoms with van der Waals surface area (Å²) in [6, 6.07) is -0.523. The zero-order chi connectivity index (χ0) is 12.7. The summed E-state index contributed by atoms with van der Waals surface area (Å²) in [5.74, 6) is -0.732. The number of nitrogens with one attached hydrogen (secondary N) is 2. The smallest absolute Gasteiger partial charge is 0.325 e. The van der Waals surface area contributed by atoms with Gasteiger partial charge in [0, 0.05) is 13.2 Å². The number of rotatable bonds is 7. The largest absolute Gasteiger partial charge is 0.396 e. The van der Waals surface area contributed by atoms with Crippen LogP contribution in [0.4, 0.5) is 4.79 Å². The third kappa shape index (κ3) is 4.39. The van der Waals surface area contributed by atoms with Crippen LogP contribution in [0.25, 0.3) is 0 Å². The molecule has 1 saturated heterocycles. The molecular weight excluding hydrogens is 226 g/mol. The van der Waals surface area contributed by atoms with Crippen LogP contribution in [-0.4, -0.2) is 54.1 Å². The van der Waals surface area contributed by atoms with Crippen molar-refractivity contribution in [1.82, 2.24) is 15.5 Å². The molecule has 0 atom stereocenters. The monoisotopic (exact) mass is 243 g/mol. The van der Waals surface area contributed by atoms with Crippen molar-refractivity contribution < 1.29 is 19.5 Å². The fourth-order valence-corrected chi connectivity index (χ4v) is 1.46. The highest BCUT2D eigenvalue weighted by molar-refractivity contribution is 6.04. The van der Waals surface area contributed by atoms with Gasteiger partial charge in [-0.25, -0.2) is 4.79 Å². The van der Waals surface area contributed by atoms with E-state index in [0.29, 0.717) is 13.0 Å². The van der Waals surface area contributed by atoms with E-state index in [1.165, 1.54) is 0 Å². The summed E-state index contributed by atoms with van der Waals surface area (Å²) >= 11 is 0. The minimum atomic E-state index is -0.523. The molecule has 0 spiro atoms. The van der Waals surface area contributed by atoms with Crippen LogP contribution in [0.5, 0.6) is 0 Å². The van der Waals surface area contributed by atoms with Gasteiger partial charge in [0.2, 0.25) is 5.91 Å². The van der Waals surface area contributed by atoms with Crippen LogP contribution in [0.3, 0.4) is 0 Å². The summed E-state index contributed by atoms with van der Waals surface area (Å²) in [7, 11) is 0. The molecule has 1 heterocycles. The molecule has 96 valence electrons. The van der Waals surface area contributed by atoms with Crippen molar-refractivity contribution in [3.05, 3.63) is 0 Å². The molecule has 0 aliphatic carbocycles. The van der Waals surface area contributed by atoms with Crippen molar-refractivity contribution in [2.24, 2.45) is 0 Å². The van der Waals surface area contributed by atoms with E-state index in [9.17, 15) is 14.4 Å². The van der Waals surface area contributed by atoms with Crippen molar-refractivity contribution >= 4 is 17.8 Å². The summed E-state index contributed by atoms with van der Waals surface area (Å²) in [5.41, 5.74) is 0. The predicted octanol–water partition coefficient (Wildman–Crippen LogP) is -1.18. The Morgan fingerprint density at radius 2 is 2.12 bits per heavy atom. The Bertz CT molecular complexity index is 290. The highest BCUT2D eigenvalue weighted by Crippen LogP contribution is 1.98. The van der Waals surface area contributed by atoms with Crippen molar-refractivity contribution in [1.29, 1.82) is 0 Å². The first-order valence-corrected chi connectivity index (χ1v) is 5.61. The lowest BCUT2D eigenvalue weighted by atomic mass is 10.2. The van der Waals surface area contributed by atoms with Gasteiger partial charge < -0.3 is 15.7 Å².